The van der Waals surface area contributed by atoms with Crippen LogP contribution in [0.3, 0.4) is 0 Å². The third kappa shape index (κ3) is 6.59. The van der Waals surface area contributed by atoms with Gasteiger partial charge in [-0.1, -0.05) is 18.2 Å². The van der Waals surface area contributed by atoms with Crippen LogP contribution in [0.1, 0.15) is 48.0 Å². The van der Waals surface area contributed by atoms with Crippen LogP contribution in [0.4, 0.5) is 4.39 Å². The number of imide groups is 1. The molecule has 2 fully saturated rings. The molecule has 3 aliphatic rings. The highest BCUT2D eigenvalue weighted by Crippen LogP contribution is 2.30. The minimum Gasteiger partial charge on any atom is -0.491 e. The molecule has 3 aliphatic heterocycles. The molecule has 2 saturated heterocycles. The Hall–Kier alpha value is -4.60. The second-order valence-electron chi connectivity index (χ2n) is 10.3. The Balaban J connectivity index is 0.000000216. The van der Waals surface area contributed by atoms with Gasteiger partial charge in [0.2, 0.25) is 18.2 Å². The summed E-state index contributed by atoms with van der Waals surface area (Å²) in [5.74, 6) is -0.482. The average molecular weight is 559 g/mol. The summed E-state index contributed by atoms with van der Waals surface area (Å²) >= 11 is 0. The molecule has 2 atom stereocenters. The van der Waals surface area contributed by atoms with Gasteiger partial charge in [-0.15, -0.1) is 0 Å². The van der Waals surface area contributed by atoms with E-state index in [-0.39, 0.29) is 30.1 Å². The van der Waals surface area contributed by atoms with Gasteiger partial charge in [-0.05, 0) is 78.8 Å². The van der Waals surface area contributed by atoms with Crippen molar-refractivity contribution in [2.24, 2.45) is 0 Å². The van der Waals surface area contributed by atoms with E-state index in [0.29, 0.717) is 30.9 Å². The van der Waals surface area contributed by atoms with Gasteiger partial charge in [0, 0.05) is 37.5 Å². The van der Waals surface area contributed by atoms with Crippen LogP contribution < -0.4 is 10.1 Å². The zero-order chi connectivity index (χ0) is 28.8. The summed E-state index contributed by atoms with van der Waals surface area (Å²) in [5, 5.41) is 2.30. The first kappa shape index (κ1) is 27.9. The van der Waals surface area contributed by atoms with Crippen molar-refractivity contribution in [2.75, 3.05) is 13.2 Å². The largest absolute Gasteiger partial charge is 0.491 e. The minimum atomic E-state index is -0.620. The number of carbonyl (C=O) groups excluding carboxylic acids is 4. The third-order valence-electron chi connectivity index (χ3n) is 7.58. The SMILES string of the molecule is Fc1ccc(-c2cccnc2)cc1.O=CN1CCCCC1COc1ccc2c(c1)CN(C1CCC(=O)NC1=O)C2=O. The van der Waals surface area contributed by atoms with Gasteiger partial charge < -0.3 is 14.5 Å². The summed E-state index contributed by atoms with van der Waals surface area (Å²) < 4.78 is 18.5. The molecular formula is C31H31FN4O5. The molecule has 0 radical (unpaired) electrons. The van der Waals surface area contributed by atoms with E-state index < -0.39 is 11.9 Å². The number of piperidine rings is 2. The average Bonchev–Trinajstić information content (AvgIpc) is 3.32. The van der Waals surface area contributed by atoms with Gasteiger partial charge in [0.15, 0.2) is 0 Å². The Morgan fingerprint density at radius 3 is 2.59 bits per heavy atom. The van der Waals surface area contributed by atoms with E-state index in [2.05, 4.69) is 10.3 Å². The fourth-order valence-corrected chi connectivity index (χ4v) is 5.35. The number of likely N-dealkylation sites (tertiary alicyclic amines) is 1. The maximum Gasteiger partial charge on any atom is 0.255 e. The Kier molecular flexibility index (Phi) is 8.67. The molecule has 41 heavy (non-hydrogen) atoms. The van der Waals surface area contributed by atoms with Crippen molar-refractivity contribution >= 4 is 24.1 Å². The summed E-state index contributed by atoms with van der Waals surface area (Å²) in [7, 11) is 0. The van der Waals surface area contributed by atoms with Crippen molar-refractivity contribution < 1.29 is 28.3 Å². The number of nitrogens with one attached hydrogen (secondary N) is 1. The van der Waals surface area contributed by atoms with Crippen LogP contribution >= 0.6 is 0 Å². The number of pyridine rings is 1. The van der Waals surface area contributed by atoms with Gasteiger partial charge in [-0.3, -0.25) is 29.5 Å². The normalized spacial score (nSPS) is 20.1. The molecule has 1 aromatic heterocycles. The fourth-order valence-electron chi connectivity index (χ4n) is 5.35. The number of ether oxygens (including phenoxy) is 1. The molecule has 10 heteroatoms. The maximum atomic E-state index is 12.7. The van der Waals surface area contributed by atoms with Crippen molar-refractivity contribution in [1.29, 1.82) is 0 Å². The Labute approximate surface area is 237 Å². The fraction of sp³-hybridized carbons (Fsp3) is 0.323. The van der Waals surface area contributed by atoms with E-state index in [0.717, 1.165) is 48.9 Å². The van der Waals surface area contributed by atoms with E-state index in [1.54, 1.807) is 41.6 Å². The molecule has 2 unspecified atom stereocenters. The number of hydrogen-bond donors (Lipinski definition) is 1. The highest BCUT2D eigenvalue weighted by atomic mass is 19.1. The number of benzene rings is 2. The lowest BCUT2D eigenvalue weighted by Gasteiger charge is -2.32. The first-order valence-corrected chi connectivity index (χ1v) is 13.7. The van der Waals surface area contributed by atoms with Crippen LogP contribution in [0.5, 0.6) is 5.75 Å². The van der Waals surface area contributed by atoms with Gasteiger partial charge in [-0.2, -0.15) is 0 Å². The van der Waals surface area contributed by atoms with Gasteiger partial charge >= 0.3 is 0 Å². The standard InChI is InChI=1S/C20H23N3O5.C11H8FN/c24-12-22-8-2-1-3-14(22)11-28-15-4-5-16-13(9-15)10-23(20(16)27)17-6-7-18(25)21-19(17)26;12-11-5-3-9(4-6-11)10-2-1-7-13-8-10/h4-5,9,12,14,17H,1-3,6-8,10-11H2,(H,21,25,26);1-8H. The lowest BCUT2D eigenvalue weighted by Crippen LogP contribution is -2.52. The predicted octanol–water partition coefficient (Wildman–Crippen LogP) is 3.73. The number of carbonyl (C=O) groups is 4. The Morgan fingerprint density at radius 1 is 1.02 bits per heavy atom. The van der Waals surface area contributed by atoms with Crippen LogP contribution in [-0.4, -0.2) is 64.2 Å². The van der Waals surface area contributed by atoms with E-state index in [1.165, 1.54) is 17.0 Å². The van der Waals surface area contributed by atoms with Crippen molar-refractivity contribution in [2.45, 2.75) is 50.7 Å². The van der Waals surface area contributed by atoms with E-state index >= 15 is 0 Å². The van der Waals surface area contributed by atoms with E-state index in [1.807, 2.05) is 18.2 Å². The molecule has 0 spiro atoms. The summed E-state index contributed by atoms with van der Waals surface area (Å²) in [4.78, 5) is 54.6. The van der Waals surface area contributed by atoms with Crippen LogP contribution in [0, 0.1) is 5.82 Å². The number of halogens is 1. The monoisotopic (exact) mass is 558 g/mol. The molecule has 9 nitrogen and oxygen atoms in total. The second kappa shape index (κ2) is 12.7. The zero-order valence-electron chi connectivity index (χ0n) is 22.5. The minimum absolute atomic E-state index is 0.0705. The molecule has 4 amide bonds. The molecule has 212 valence electrons. The number of amides is 4. The second-order valence-corrected chi connectivity index (χ2v) is 10.3. The van der Waals surface area contributed by atoms with Crippen molar-refractivity contribution in [3.8, 4) is 16.9 Å². The molecule has 0 aliphatic carbocycles. The van der Waals surface area contributed by atoms with Crippen LogP contribution in [-0.2, 0) is 20.9 Å². The number of fused-ring (bicyclic) bond motifs is 1. The number of nitrogens with zero attached hydrogens (tertiary/aromatic N) is 3. The summed E-state index contributed by atoms with van der Waals surface area (Å²) in [5.41, 5.74) is 3.35. The maximum absolute atomic E-state index is 12.7. The molecule has 6 rings (SSSR count). The molecule has 0 bridgehead atoms. The van der Waals surface area contributed by atoms with E-state index in [4.69, 9.17) is 4.74 Å². The van der Waals surface area contributed by atoms with Crippen molar-refractivity contribution in [3.63, 3.8) is 0 Å². The highest BCUT2D eigenvalue weighted by molar-refractivity contribution is 6.05. The first-order chi connectivity index (χ1) is 19.9. The molecule has 2 aromatic carbocycles. The zero-order valence-corrected chi connectivity index (χ0v) is 22.5. The quantitative estimate of drug-likeness (QED) is 0.365. The first-order valence-electron chi connectivity index (χ1n) is 13.7. The van der Waals surface area contributed by atoms with Gasteiger partial charge in [0.1, 0.15) is 24.2 Å². The summed E-state index contributed by atoms with van der Waals surface area (Å²) in [6.45, 7) is 1.50. The summed E-state index contributed by atoms with van der Waals surface area (Å²) in [6.07, 6.45) is 7.96. The topological polar surface area (TPSA) is 109 Å². The van der Waals surface area contributed by atoms with Gasteiger partial charge in [-0.25, -0.2) is 4.39 Å². The number of hydrogen-bond acceptors (Lipinski definition) is 6. The lowest BCUT2D eigenvalue weighted by atomic mass is 10.0. The molecule has 3 aromatic rings. The smallest absolute Gasteiger partial charge is 0.255 e. The number of rotatable bonds is 6. The molecular weight excluding hydrogens is 527 g/mol. The van der Waals surface area contributed by atoms with Gasteiger partial charge in [0.25, 0.3) is 5.91 Å². The van der Waals surface area contributed by atoms with Crippen molar-refractivity contribution in [3.05, 3.63) is 83.9 Å². The van der Waals surface area contributed by atoms with Crippen LogP contribution in [0.25, 0.3) is 11.1 Å². The van der Waals surface area contributed by atoms with Gasteiger partial charge in [0.05, 0.1) is 6.04 Å². The Bertz CT molecular complexity index is 1420. The lowest BCUT2D eigenvalue weighted by molar-refractivity contribution is -0.137. The molecule has 1 N–H and O–H groups in total. The number of aromatic nitrogens is 1. The van der Waals surface area contributed by atoms with Crippen LogP contribution in [0.15, 0.2) is 67.0 Å². The molecule has 4 heterocycles. The third-order valence-corrected chi connectivity index (χ3v) is 7.58. The highest BCUT2D eigenvalue weighted by Gasteiger charge is 2.39. The molecule has 0 saturated carbocycles. The van der Waals surface area contributed by atoms with Crippen molar-refractivity contribution in [1.82, 2.24) is 20.1 Å². The Morgan fingerprint density at radius 2 is 1.85 bits per heavy atom. The van der Waals surface area contributed by atoms with E-state index in [9.17, 15) is 23.6 Å². The van der Waals surface area contributed by atoms with Crippen LogP contribution in [0.2, 0.25) is 0 Å². The predicted molar refractivity (Wildman–Crippen MR) is 148 cm³/mol. The summed E-state index contributed by atoms with van der Waals surface area (Å²) in [6, 6.07) is 14.9.